The first-order valence-corrected chi connectivity index (χ1v) is 4.66. The largest absolute Gasteiger partial charge is 0.277 e. The molecule has 0 unspecified atom stereocenters. The van der Waals surface area contributed by atoms with Crippen LogP contribution in [0.5, 0.6) is 0 Å². The summed E-state index contributed by atoms with van der Waals surface area (Å²) in [5.41, 5.74) is 0. The topological polar surface area (TPSA) is 20.3 Å². The SMILES string of the molecule is CC(=O)N1CCSS1. The van der Waals surface area contributed by atoms with E-state index in [0.717, 1.165) is 12.3 Å². The Balaban J connectivity index is 2.35. The maximum absolute atomic E-state index is 10.5. The molecule has 0 spiro atoms. The zero-order valence-corrected chi connectivity index (χ0v) is 6.22. The van der Waals surface area contributed by atoms with E-state index >= 15 is 0 Å². The molecule has 0 aromatic heterocycles. The Morgan fingerprint density at radius 1 is 1.75 bits per heavy atom. The summed E-state index contributed by atoms with van der Waals surface area (Å²) >= 11 is 0. The molecule has 0 radical (unpaired) electrons. The third kappa shape index (κ3) is 1.32. The summed E-state index contributed by atoms with van der Waals surface area (Å²) in [5, 5.41) is 0. The first-order valence-electron chi connectivity index (χ1n) is 2.38. The minimum absolute atomic E-state index is 0.167. The lowest BCUT2D eigenvalue weighted by atomic mass is 10.6. The number of nitrogens with zero attached hydrogens (tertiary/aromatic N) is 1. The van der Waals surface area contributed by atoms with E-state index in [0.29, 0.717) is 0 Å². The molecular weight excluding hydrogens is 142 g/mol. The van der Waals surface area contributed by atoms with Gasteiger partial charge in [0.1, 0.15) is 0 Å². The minimum atomic E-state index is 0.167. The molecule has 1 saturated heterocycles. The van der Waals surface area contributed by atoms with E-state index in [1.165, 1.54) is 0 Å². The summed E-state index contributed by atoms with van der Waals surface area (Å²) < 4.78 is 1.77. The first-order chi connectivity index (χ1) is 3.80. The summed E-state index contributed by atoms with van der Waals surface area (Å²) in [4.78, 5) is 10.5. The van der Waals surface area contributed by atoms with Gasteiger partial charge in [-0.25, -0.2) is 0 Å². The molecule has 8 heavy (non-hydrogen) atoms. The van der Waals surface area contributed by atoms with Crippen molar-refractivity contribution in [3.05, 3.63) is 0 Å². The second-order valence-electron chi connectivity index (χ2n) is 1.52. The lowest BCUT2D eigenvalue weighted by Crippen LogP contribution is -2.17. The lowest BCUT2D eigenvalue weighted by Gasteiger charge is -2.06. The third-order valence-electron chi connectivity index (χ3n) is 0.872. The summed E-state index contributed by atoms with van der Waals surface area (Å²) in [6.45, 7) is 2.50. The zero-order valence-electron chi connectivity index (χ0n) is 4.59. The van der Waals surface area contributed by atoms with Crippen molar-refractivity contribution in [3.63, 3.8) is 0 Å². The standard InChI is InChI=1S/C4H7NOS2/c1-4(6)5-2-3-7-8-5/h2-3H2,1H3. The molecule has 4 heteroatoms. The molecule has 0 N–H and O–H groups in total. The van der Waals surface area contributed by atoms with Gasteiger partial charge in [0.2, 0.25) is 5.91 Å². The Labute approximate surface area is 56.5 Å². The molecule has 2 nitrogen and oxygen atoms in total. The van der Waals surface area contributed by atoms with E-state index in [1.807, 2.05) is 0 Å². The highest BCUT2D eigenvalue weighted by atomic mass is 33.1. The molecule has 0 bridgehead atoms. The van der Waals surface area contributed by atoms with Gasteiger partial charge in [-0.1, -0.05) is 10.8 Å². The average Bonchev–Trinajstić information content (AvgIpc) is 2.12. The van der Waals surface area contributed by atoms with Crippen LogP contribution >= 0.6 is 21.8 Å². The summed E-state index contributed by atoms with van der Waals surface area (Å²) in [6, 6.07) is 0. The highest BCUT2D eigenvalue weighted by Crippen LogP contribution is 2.32. The molecule has 1 aliphatic rings. The van der Waals surface area contributed by atoms with Crippen LogP contribution in [0.2, 0.25) is 0 Å². The van der Waals surface area contributed by atoms with E-state index in [9.17, 15) is 4.79 Å². The fourth-order valence-corrected chi connectivity index (χ4v) is 2.68. The molecule has 0 atom stereocenters. The van der Waals surface area contributed by atoms with Gasteiger partial charge >= 0.3 is 0 Å². The Morgan fingerprint density at radius 2 is 2.50 bits per heavy atom. The van der Waals surface area contributed by atoms with E-state index in [4.69, 9.17) is 0 Å². The van der Waals surface area contributed by atoms with Crippen molar-refractivity contribution in [3.8, 4) is 0 Å². The second-order valence-corrected chi connectivity index (χ2v) is 3.91. The van der Waals surface area contributed by atoms with Gasteiger partial charge in [0.25, 0.3) is 0 Å². The first kappa shape index (κ1) is 6.29. The fraction of sp³-hybridized carbons (Fsp3) is 0.750. The van der Waals surface area contributed by atoms with Crippen molar-refractivity contribution < 1.29 is 4.79 Å². The predicted octanol–water partition coefficient (Wildman–Crippen LogP) is 1.14. The van der Waals surface area contributed by atoms with Gasteiger partial charge in [0.05, 0.1) is 0 Å². The van der Waals surface area contributed by atoms with Crippen LogP contribution in [0.25, 0.3) is 0 Å². The van der Waals surface area contributed by atoms with Gasteiger partial charge in [-0.3, -0.25) is 9.10 Å². The van der Waals surface area contributed by atoms with Gasteiger partial charge in [-0.15, -0.1) is 0 Å². The maximum atomic E-state index is 10.5. The van der Waals surface area contributed by atoms with Crippen molar-refractivity contribution in [2.75, 3.05) is 12.3 Å². The van der Waals surface area contributed by atoms with Crippen LogP contribution in [0.1, 0.15) is 6.92 Å². The van der Waals surface area contributed by atoms with Crippen LogP contribution in [0.4, 0.5) is 0 Å². The molecule has 0 aliphatic carbocycles. The van der Waals surface area contributed by atoms with Crippen molar-refractivity contribution in [1.29, 1.82) is 0 Å². The van der Waals surface area contributed by atoms with Gasteiger partial charge in [0.15, 0.2) is 0 Å². The highest BCUT2D eigenvalue weighted by molar-refractivity contribution is 8.76. The van der Waals surface area contributed by atoms with Crippen LogP contribution in [0.15, 0.2) is 0 Å². The molecule has 1 amide bonds. The molecule has 46 valence electrons. The van der Waals surface area contributed by atoms with Gasteiger partial charge < -0.3 is 0 Å². The Kier molecular flexibility index (Phi) is 2.08. The van der Waals surface area contributed by atoms with Gasteiger partial charge in [-0.2, -0.15) is 0 Å². The molecule has 0 aromatic carbocycles. The molecule has 0 saturated carbocycles. The van der Waals surface area contributed by atoms with Crippen molar-refractivity contribution in [1.82, 2.24) is 4.31 Å². The fourth-order valence-electron chi connectivity index (χ4n) is 0.468. The smallest absolute Gasteiger partial charge is 0.229 e. The average molecular weight is 149 g/mol. The van der Waals surface area contributed by atoms with E-state index < -0.39 is 0 Å². The van der Waals surface area contributed by atoms with Crippen molar-refractivity contribution in [2.24, 2.45) is 0 Å². The van der Waals surface area contributed by atoms with Crippen LogP contribution < -0.4 is 0 Å². The monoisotopic (exact) mass is 149 g/mol. The van der Waals surface area contributed by atoms with Crippen molar-refractivity contribution in [2.45, 2.75) is 6.92 Å². The van der Waals surface area contributed by atoms with Crippen LogP contribution in [0, 0.1) is 0 Å². The third-order valence-corrected chi connectivity index (χ3v) is 3.30. The van der Waals surface area contributed by atoms with Crippen molar-refractivity contribution >= 4 is 27.7 Å². The number of hydrogen-bond donors (Lipinski definition) is 0. The second kappa shape index (κ2) is 2.64. The molecular formula is C4H7NOS2. The van der Waals surface area contributed by atoms with Crippen LogP contribution in [0.3, 0.4) is 0 Å². The Hall–Kier alpha value is 0.170. The van der Waals surface area contributed by atoms with E-state index in [1.54, 1.807) is 33.0 Å². The number of carbonyl (C=O) groups is 1. The van der Waals surface area contributed by atoms with Crippen LogP contribution in [-0.4, -0.2) is 22.5 Å². The van der Waals surface area contributed by atoms with Gasteiger partial charge in [0, 0.05) is 30.2 Å². The predicted molar refractivity (Wildman–Crippen MR) is 37.4 cm³/mol. The number of hydrogen-bond acceptors (Lipinski definition) is 3. The normalized spacial score (nSPS) is 19.4. The maximum Gasteiger partial charge on any atom is 0.229 e. The molecule has 1 rings (SSSR count). The Bertz CT molecular complexity index is 100. The summed E-state index contributed by atoms with van der Waals surface area (Å²) in [6.07, 6.45) is 0. The van der Waals surface area contributed by atoms with Crippen LogP contribution in [-0.2, 0) is 4.79 Å². The number of carbonyl (C=O) groups excluding carboxylic acids is 1. The molecule has 1 aliphatic heterocycles. The number of rotatable bonds is 0. The van der Waals surface area contributed by atoms with E-state index in [-0.39, 0.29) is 5.91 Å². The highest BCUT2D eigenvalue weighted by Gasteiger charge is 2.14. The number of amides is 1. The Morgan fingerprint density at radius 3 is 2.75 bits per heavy atom. The molecule has 0 aromatic rings. The summed E-state index contributed by atoms with van der Waals surface area (Å²) in [5.74, 6) is 1.24. The minimum Gasteiger partial charge on any atom is -0.277 e. The lowest BCUT2D eigenvalue weighted by molar-refractivity contribution is -0.123. The molecule has 1 heterocycles. The molecule has 1 fully saturated rings. The quantitative estimate of drug-likeness (QED) is 0.380. The van der Waals surface area contributed by atoms with E-state index in [2.05, 4.69) is 0 Å². The zero-order chi connectivity index (χ0) is 5.98. The van der Waals surface area contributed by atoms with Gasteiger partial charge in [-0.05, 0) is 0 Å². The summed E-state index contributed by atoms with van der Waals surface area (Å²) in [7, 11) is 3.28.